The molecule has 3 aromatic rings. The molecule has 0 aliphatic rings. The van der Waals surface area contributed by atoms with Gasteiger partial charge in [-0.3, -0.25) is 14.4 Å². The number of hydrogen-bond donors (Lipinski definition) is 3. The molecule has 1 amide bonds. The number of hydrogen-bond acceptors (Lipinski definition) is 4. The lowest BCUT2D eigenvalue weighted by atomic mass is 9.87. The summed E-state index contributed by atoms with van der Waals surface area (Å²) in [5, 5.41) is 21.6. The molecule has 168 valence electrons. The molecule has 0 aliphatic carbocycles. The van der Waals surface area contributed by atoms with Crippen LogP contribution in [0.4, 0.5) is 4.39 Å². The van der Waals surface area contributed by atoms with Crippen LogP contribution in [0.2, 0.25) is 0 Å². The topological polar surface area (TPSA) is 109 Å². The summed E-state index contributed by atoms with van der Waals surface area (Å²) in [6.07, 6.45) is 0. The molecular weight excluding hydrogens is 483 g/mol. The molecule has 0 atom stereocenters. The second kappa shape index (κ2) is 8.74. The third kappa shape index (κ3) is 4.67. The molecule has 0 fully saturated rings. The minimum Gasteiger partial charge on any atom is -0.506 e. The van der Waals surface area contributed by atoms with Gasteiger partial charge in [0, 0.05) is 9.86 Å². The molecule has 3 rings (SSSR count). The highest BCUT2D eigenvalue weighted by atomic mass is 79.9. The molecule has 0 saturated heterocycles. The number of halogens is 2. The second-order valence-electron chi connectivity index (χ2n) is 8.41. The second-order valence-corrected chi connectivity index (χ2v) is 9.26. The predicted octanol–water partition coefficient (Wildman–Crippen LogP) is 3.77. The Kier molecular flexibility index (Phi) is 6.41. The van der Waals surface area contributed by atoms with Crippen molar-refractivity contribution >= 4 is 38.7 Å². The summed E-state index contributed by atoms with van der Waals surface area (Å²) in [7, 11) is 0. The first-order chi connectivity index (χ1) is 14.9. The first kappa shape index (κ1) is 23.5. The average molecular weight is 505 g/mol. The number of carboxylic acids is 1. The van der Waals surface area contributed by atoms with Gasteiger partial charge in [0.05, 0.1) is 12.1 Å². The molecule has 0 saturated carbocycles. The summed E-state index contributed by atoms with van der Waals surface area (Å²) in [6.45, 7) is 5.47. The number of benzene rings is 2. The van der Waals surface area contributed by atoms with Crippen LogP contribution in [0, 0.1) is 5.82 Å². The van der Waals surface area contributed by atoms with Crippen LogP contribution < -0.4 is 10.9 Å². The zero-order chi connectivity index (χ0) is 23.8. The lowest BCUT2D eigenvalue weighted by Gasteiger charge is -2.21. The Morgan fingerprint density at radius 2 is 1.84 bits per heavy atom. The van der Waals surface area contributed by atoms with Crippen molar-refractivity contribution in [2.75, 3.05) is 6.54 Å². The number of carboxylic acid groups (broad SMARTS) is 1. The lowest BCUT2D eigenvalue weighted by molar-refractivity contribution is -0.135. The van der Waals surface area contributed by atoms with Crippen molar-refractivity contribution < 1.29 is 24.2 Å². The van der Waals surface area contributed by atoms with Gasteiger partial charge in [0.1, 0.15) is 23.7 Å². The van der Waals surface area contributed by atoms with Crippen molar-refractivity contribution in [1.29, 1.82) is 0 Å². The summed E-state index contributed by atoms with van der Waals surface area (Å²) >= 11 is 3.52. The average Bonchev–Trinajstić information content (AvgIpc) is 2.69. The van der Waals surface area contributed by atoms with Gasteiger partial charge in [-0.25, -0.2) is 4.39 Å². The summed E-state index contributed by atoms with van der Waals surface area (Å²) in [5.74, 6) is -3.58. The SMILES string of the molecule is CC(C)(C)c1ccc(Cn2c(=O)c(C(=O)NCC(=O)O)c(O)c3ccc(F)cc32)c(Br)c1. The minimum absolute atomic E-state index is 0.0106. The van der Waals surface area contributed by atoms with Crippen LogP contribution in [-0.2, 0) is 16.8 Å². The van der Waals surface area contributed by atoms with E-state index in [9.17, 15) is 23.9 Å². The first-order valence-electron chi connectivity index (χ1n) is 9.74. The summed E-state index contributed by atoms with van der Waals surface area (Å²) in [6, 6.07) is 9.16. The zero-order valence-electron chi connectivity index (χ0n) is 17.7. The van der Waals surface area contributed by atoms with Gasteiger partial charge in [-0.2, -0.15) is 0 Å². The Morgan fingerprint density at radius 1 is 1.16 bits per heavy atom. The Labute approximate surface area is 191 Å². The van der Waals surface area contributed by atoms with Crippen LogP contribution in [-0.4, -0.2) is 33.2 Å². The summed E-state index contributed by atoms with van der Waals surface area (Å²) in [4.78, 5) is 36.5. The number of amides is 1. The van der Waals surface area contributed by atoms with E-state index in [-0.39, 0.29) is 22.9 Å². The van der Waals surface area contributed by atoms with Crippen molar-refractivity contribution in [1.82, 2.24) is 9.88 Å². The van der Waals surface area contributed by atoms with Crippen LogP contribution in [0.3, 0.4) is 0 Å². The first-order valence-corrected chi connectivity index (χ1v) is 10.5. The third-order valence-electron chi connectivity index (χ3n) is 5.08. The van der Waals surface area contributed by atoms with E-state index in [1.807, 2.05) is 18.2 Å². The van der Waals surface area contributed by atoms with Gasteiger partial charge in [-0.05, 0) is 40.8 Å². The molecule has 0 radical (unpaired) electrons. The summed E-state index contributed by atoms with van der Waals surface area (Å²) in [5.41, 5.74) is 0.308. The maximum absolute atomic E-state index is 14.0. The van der Waals surface area contributed by atoms with E-state index >= 15 is 0 Å². The maximum Gasteiger partial charge on any atom is 0.322 e. The summed E-state index contributed by atoms with van der Waals surface area (Å²) < 4.78 is 15.9. The fourth-order valence-electron chi connectivity index (χ4n) is 3.33. The Hall–Kier alpha value is -3.20. The molecule has 9 heteroatoms. The highest BCUT2D eigenvalue weighted by Crippen LogP contribution is 2.30. The Morgan fingerprint density at radius 3 is 2.44 bits per heavy atom. The van der Waals surface area contributed by atoms with Gasteiger partial charge in [-0.1, -0.05) is 48.8 Å². The van der Waals surface area contributed by atoms with E-state index in [4.69, 9.17) is 5.11 Å². The van der Waals surface area contributed by atoms with Crippen LogP contribution >= 0.6 is 15.9 Å². The van der Waals surface area contributed by atoms with Gasteiger partial charge >= 0.3 is 5.97 Å². The number of aliphatic carboxylic acids is 1. The highest BCUT2D eigenvalue weighted by Gasteiger charge is 2.24. The third-order valence-corrected chi connectivity index (χ3v) is 5.81. The number of nitrogens with one attached hydrogen (secondary N) is 1. The van der Waals surface area contributed by atoms with E-state index in [0.717, 1.165) is 22.2 Å². The molecule has 2 aromatic carbocycles. The molecule has 0 aliphatic heterocycles. The van der Waals surface area contributed by atoms with Crippen molar-refractivity contribution in [2.24, 2.45) is 0 Å². The molecule has 1 heterocycles. The highest BCUT2D eigenvalue weighted by molar-refractivity contribution is 9.10. The molecule has 32 heavy (non-hydrogen) atoms. The molecular formula is C23H22BrFN2O5. The van der Waals surface area contributed by atoms with Crippen LogP contribution in [0.15, 0.2) is 45.7 Å². The molecule has 0 spiro atoms. The van der Waals surface area contributed by atoms with Crippen LogP contribution in [0.1, 0.15) is 42.3 Å². The fourth-order valence-corrected chi connectivity index (χ4v) is 3.83. The molecule has 0 unspecified atom stereocenters. The fraction of sp³-hybridized carbons (Fsp3) is 0.261. The van der Waals surface area contributed by atoms with Gasteiger partial charge in [0.2, 0.25) is 0 Å². The smallest absolute Gasteiger partial charge is 0.322 e. The molecule has 7 nitrogen and oxygen atoms in total. The molecule has 1 aromatic heterocycles. The number of pyridine rings is 1. The maximum atomic E-state index is 14.0. The van der Waals surface area contributed by atoms with Gasteiger partial charge in [-0.15, -0.1) is 0 Å². The van der Waals surface area contributed by atoms with Crippen molar-refractivity contribution in [3.05, 3.63) is 73.7 Å². The number of nitrogens with zero attached hydrogens (tertiary/aromatic N) is 1. The van der Waals surface area contributed by atoms with Crippen LogP contribution in [0.25, 0.3) is 10.9 Å². The number of aromatic nitrogens is 1. The standard InChI is InChI=1S/C23H22BrFN2O5/c1-23(2,3)13-5-4-12(16(24)8-13)11-27-17-9-14(25)6-7-15(17)20(30)19(22(27)32)21(31)26-10-18(28)29/h4-9,30H,10-11H2,1-3H3,(H,26,31)(H,28,29). The van der Waals surface area contributed by atoms with Crippen molar-refractivity contribution in [3.8, 4) is 5.75 Å². The monoisotopic (exact) mass is 504 g/mol. The normalized spacial score (nSPS) is 11.5. The number of fused-ring (bicyclic) bond motifs is 1. The molecule has 3 N–H and O–H groups in total. The van der Waals surface area contributed by atoms with E-state index in [0.29, 0.717) is 5.56 Å². The van der Waals surface area contributed by atoms with E-state index in [2.05, 4.69) is 42.0 Å². The number of carbonyl (C=O) groups is 2. The number of aromatic hydroxyl groups is 1. The predicted molar refractivity (Wildman–Crippen MR) is 122 cm³/mol. The quantitative estimate of drug-likeness (QED) is 0.490. The van der Waals surface area contributed by atoms with Gasteiger partial charge in [0.15, 0.2) is 0 Å². The van der Waals surface area contributed by atoms with Crippen molar-refractivity contribution in [3.63, 3.8) is 0 Å². The largest absolute Gasteiger partial charge is 0.506 e. The van der Waals surface area contributed by atoms with Gasteiger partial charge in [0.25, 0.3) is 11.5 Å². The van der Waals surface area contributed by atoms with Crippen molar-refractivity contribution in [2.45, 2.75) is 32.7 Å². The molecule has 0 bridgehead atoms. The Balaban J connectivity index is 2.19. The van der Waals surface area contributed by atoms with E-state index in [1.165, 1.54) is 10.6 Å². The zero-order valence-corrected chi connectivity index (χ0v) is 19.3. The van der Waals surface area contributed by atoms with E-state index < -0.39 is 41.1 Å². The van der Waals surface area contributed by atoms with Gasteiger partial charge < -0.3 is 20.1 Å². The number of carbonyl (C=O) groups excluding carboxylic acids is 1. The van der Waals surface area contributed by atoms with Crippen LogP contribution in [0.5, 0.6) is 5.75 Å². The number of rotatable bonds is 5. The van der Waals surface area contributed by atoms with E-state index in [1.54, 1.807) is 0 Å². The Bertz CT molecular complexity index is 1290. The minimum atomic E-state index is -1.30. The lowest BCUT2D eigenvalue weighted by Crippen LogP contribution is -2.36.